The van der Waals surface area contributed by atoms with Gasteiger partial charge in [0, 0.05) is 18.7 Å². The van der Waals surface area contributed by atoms with Crippen molar-refractivity contribution in [1.82, 2.24) is 10.0 Å². The van der Waals surface area contributed by atoms with E-state index in [0.717, 1.165) is 11.3 Å². The Kier molecular flexibility index (Phi) is 6.17. The molecule has 2 N–H and O–H groups in total. The molecule has 0 radical (unpaired) electrons. The Morgan fingerprint density at radius 3 is 2.20 bits per heavy atom. The third-order valence-corrected chi connectivity index (χ3v) is 5.23. The van der Waals surface area contributed by atoms with Crippen molar-refractivity contribution in [3.8, 4) is 5.75 Å². The minimum atomic E-state index is -3.69. The van der Waals surface area contributed by atoms with Gasteiger partial charge < -0.3 is 10.1 Å². The lowest BCUT2D eigenvalue weighted by Gasteiger charge is -2.15. The van der Waals surface area contributed by atoms with Crippen molar-refractivity contribution in [1.29, 1.82) is 0 Å². The van der Waals surface area contributed by atoms with Gasteiger partial charge in [0.15, 0.2) is 0 Å². The van der Waals surface area contributed by atoms with Crippen LogP contribution in [-0.2, 0) is 10.0 Å². The SMILES string of the molecule is CCOc1ccc(C(C)NS(=O)(=O)c2ccc(C(=O)NC)cc2)cc1. The Labute approximate surface area is 148 Å². The molecule has 0 aliphatic rings. The molecule has 6 nitrogen and oxygen atoms in total. The minimum absolute atomic E-state index is 0.109. The van der Waals surface area contributed by atoms with Crippen molar-refractivity contribution in [2.24, 2.45) is 0 Å². The number of nitrogens with one attached hydrogen (secondary N) is 2. The zero-order chi connectivity index (χ0) is 18.4. The number of sulfonamides is 1. The van der Waals surface area contributed by atoms with E-state index in [1.165, 1.54) is 31.3 Å². The first-order valence-corrected chi connectivity index (χ1v) is 9.43. The lowest BCUT2D eigenvalue weighted by atomic mass is 10.1. The van der Waals surface area contributed by atoms with Crippen LogP contribution in [0.4, 0.5) is 0 Å². The van der Waals surface area contributed by atoms with Crippen molar-refractivity contribution in [3.05, 3.63) is 59.7 Å². The van der Waals surface area contributed by atoms with Crippen LogP contribution in [0.15, 0.2) is 53.4 Å². The number of carbonyl (C=O) groups is 1. The van der Waals surface area contributed by atoms with Gasteiger partial charge in [0.1, 0.15) is 5.75 Å². The molecule has 134 valence electrons. The third-order valence-electron chi connectivity index (χ3n) is 3.68. The molecule has 2 aromatic carbocycles. The maximum atomic E-state index is 12.5. The molecule has 1 unspecified atom stereocenters. The Balaban J connectivity index is 2.12. The van der Waals surface area contributed by atoms with E-state index in [1.807, 2.05) is 31.2 Å². The lowest BCUT2D eigenvalue weighted by molar-refractivity contribution is 0.0963. The number of hydrogen-bond acceptors (Lipinski definition) is 4. The van der Waals surface area contributed by atoms with Crippen LogP contribution in [0.5, 0.6) is 5.75 Å². The maximum absolute atomic E-state index is 12.5. The second kappa shape index (κ2) is 8.13. The van der Waals surface area contributed by atoms with Crippen molar-refractivity contribution in [2.45, 2.75) is 24.8 Å². The summed E-state index contributed by atoms with van der Waals surface area (Å²) in [5, 5.41) is 2.49. The topological polar surface area (TPSA) is 84.5 Å². The second-order valence-corrected chi connectivity index (χ2v) is 7.16. The van der Waals surface area contributed by atoms with Gasteiger partial charge >= 0.3 is 0 Å². The first-order valence-electron chi connectivity index (χ1n) is 7.94. The summed E-state index contributed by atoms with van der Waals surface area (Å²) < 4.78 is 33.0. The van der Waals surface area contributed by atoms with Crippen LogP contribution in [0, 0.1) is 0 Å². The average molecular weight is 362 g/mol. The van der Waals surface area contributed by atoms with Gasteiger partial charge in [-0.3, -0.25) is 4.79 Å². The molecule has 0 heterocycles. The summed E-state index contributed by atoms with van der Waals surface area (Å²) in [6.07, 6.45) is 0. The molecule has 1 atom stereocenters. The smallest absolute Gasteiger partial charge is 0.251 e. The van der Waals surface area contributed by atoms with E-state index in [-0.39, 0.29) is 10.8 Å². The maximum Gasteiger partial charge on any atom is 0.251 e. The van der Waals surface area contributed by atoms with Gasteiger partial charge in [0.2, 0.25) is 10.0 Å². The van der Waals surface area contributed by atoms with E-state index in [2.05, 4.69) is 10.0 Å². The fourth-order valence-corrected chi connectivity index (χ4v) is 3.55. The van der Waals surface area contributed by atoms with E-state index in [1.54, 1.807) is 6.92 Å². The molecule has 0 fully saturated rings. The normalized spacial score (nSPS) is 12.4. The number of carbonyl (C=O) groups excluding carboxylic acids is 1. The molecule has 0 saturated carbocycles. The molecule has 1 amide bonds. The highest BCUT2D eigenvalue weighted by molar-refractivity contribution is 7.89. The van der Waals surface area contributed by atoms with E-state index >= 15 is 0 Å². The van der Waals surface area contributed by atoms with Crippen LogP contribution in [0.25, 0.3) is 0 Å². The monoisotopic (exact) mass is 362 g/mol. The number of ether oxygens (including phenoxy) is 1. The van der Waals surface area contributed by atoms with E-state index in [0.29, 0.717) is 12.2 Å². The molecular weight excluding hydrogens is 340 g/mol. The van der Waals surface area contributed by atoms with Gasteiger partial charge in [-0.15, -0.1) is 0 Å². The van der Waals surface area contributed by atoms with Gasteiger partial charge in [-0.25, -0.2) is 13.1 Å². The lowest BCUT2D eigenvalue weighted by Crippen LogP contribution is -2.27. The molecular formula is C18H22N2O4S. The Bertz CT molecular complexity index is 815. The fraction of sp³-hybridized carbons (Fsp3) is 0.278. The van der Waals surface area contributed by atoms with Crippen LogP contribution in [0.1, 0.15) is 35.8 Å². The van der Waals surface area contributed by atoms with E-state index in [4.69, 9.17) is 4.74 Å². The summed E-state index contributed by atoms with van der Waals surface area (Å²) in [7, 11) is -2.17. The zero-order valence-electron chi connectivity index (χ0n) is 14.4. The molecule has 7 heteroatoms. The fourth-order valence-electron chi connectivity index (χ4n) is 2.32. The molecule has 2 rings (SSSR count). The Hall–Kier alpha value is -2.38. The highest BCUT2D eigenvalue weighted by atomic mass is 32.2. The predicted molar refractivity (Wildman–Crippen MR) is 96.2 cm³/mol. The first-order chi connectivity index (χ1) is 11.9. The summed E-state index contributed by atoms with van der Waals surface area (Å²) in [6.45, 7) is 4.25. The molecule has 0 aromatic heterocycles. The summed E-state index contributed by atoms with van der Waals surface area (Å²) >= 11 is 0. The Morgan fingerprint density at radius 1 is 1.08 bits per heavy atom. The van der Waals surface area contributed by atoms with Gasteiger partial charge in [-0.1, -0.05) is 12.1 Å². The molecule has 0 spiro atoms. The standard InChI is InChI=1S/C18H22N2O4S/c1-4-24-16-9-5-14(6-10-16)13(2)20-25(22,23)17-11-7-15(8-12-17)18(21)19-3/h5-13,20H,4H2,1-3H3,(H,19,21). The number of hydrogen-bond donors (Lipinski definition) is 2. The second-order valence-electron chi connectivity index (χ2n) is 5.45. The van der Waals surface area contributed by atoms with Gasteiger partial charge in [-0.05, 0) is 55.8 Å². The van der Waals surface area contributed by atoms with E-state index in [9.17, 15) is 13.2 Å². The summed E-state index contributed by atoms with van der Waals surface area (Å²) in [6, 6.07) is 12.7. The quantitative estimate of drug-likeness (QED) is 0.792. The first kappa shape index (κ1) is 19.0. The van der Waals surface area contributed by atoms with Gasteiger partial charge in [0.25, 0.3) is 5.91 Å². The molecule has 0 saturated heterocycles. The molecule has 25 heavy (non-hydrogen) atoms. The van der Waals surface area contributed by atoms with Crippen molar-refractivity contribution in [3.63, 3.8) is 0 Å². The highest BCUT2D eigenvalue weighted by Gasteiger charge is 2.19. The van der Waals surface area contributed by atoms with Crippen molar-refractivity contribution in [2.75, 3.05) is 13.7 Å². The average Bonchev–Trinajstić information content (AvgIpc) is 2.61. The number of benzene rings is 2. The van der Waals surface area contributed by atoms with Gasteiger partial charge in [0.05, 0.1) is 11.5 Å². The van der Waals surface area contributed by atoms with Crippen LogP contribution in [0.3, 0.4) is 0 Å². The van der Waals surface area contributed by atoms with Gasteiger partial charge in [-0.2, -0.15) is 0 Å². The molecule has 0 bridgehead atoms. The number of rotatable bonds is 7. The van der Waals surface area contributed by atoms with Crippen LogP contribution < -0.4 is 14.8 Å². The van der Waals surface area contributed by atoms with Crippen LogP contribution in [0.2, 0.25) is 0 Å². The molecule has 0 aliphatic carbocycles. The Morgan fingerprint density at radius 2 is 1.68 bits per heavy atom. The predicted octanol–water partition coefficient (Wildman–Crippen LogP) is 2.48. The summed E-state index contributed by atoms with van der Waals surface area (Å²) in [4.78, 5) is 11.6. The summed E-state index contributed by atoms with van der Waals surface area (Å²) in [5.41, 5.74) is 1.23. The van der Waals surface area contributed by atoms with Crippen molar-refractivity contribution >= 4 is 15.9 Å². The zero-order valence-corrected chi connectivity index (χ0v) is 15.3. The van der Waals surface area contributed by atoms with E-state index < -0.39 is 16.1 Å². The third kappa shape index (κ3) is 4.80. The van der Waals surface area contributed by atoms with Crippen molar-refractivity contribution < 1.29 is 17.9 Å². The van der Waals surface area contributed by atoms with Crippen LogP contribution >= 0.6 is 0 Å². The highest BCUT2D eigenvalue weighted by Crippen LogP contribution is 2.20. The molecule has 0 aliphatic heterocycles. The minimum Gasteiger partial charge on any atom is -0.494 e. The summed E-state index contributed by atoms with van der Waals surface area (Å²) in [5.74, 6) is 0.478. The number of amides is 1. The van der Waals surface area contributed by atoms with Crippen LogP contribution in [-0.4, -0.2) is 28.0 Å². The largest absolute Gasteiger partial charge is 0.494 e. The molecule has 2 aromatic rings.